The number of alkyl halides is 2. The molecule has 0 saturated heterocycles. The van der Waals surface area contributed by atoms with Crippen LogP contribution in [0.1, 0.15) is 5.56 Å². The fourth-order valence-corrected chi connectivity index (χ4v) is 3.40. The number of rotatable bonds is 8. The molecule has 0 aromatic heterocycles. The van der Waals surface area contributed by atoms with Gasteiger partial charge in [-0.25, -0.2) is 8.42 Å². The van der Waals surface area contributed by atoms with Crippen molar-refractivity contribution in [2.45, 2.75) is 17.4 Å². The van der Waals surface area contributed by atoms with Gasteiger partial charge in [-0.05, 0) is 48.4 Å². The lowest BCUT2D eigenvalue weighted by Crippen LogP contribution is -2.25. The second-order valence-electron chi connectivity index (χ2n) is 5.41. The molecule has 2 rings (SSSR count). The highest BCUT2D eigenvalue weighted by Gasteiger charge is 2.16. The van der Waals surface area contributed by atoms with Gasteiger partial charge in [0, 0.05) is 0 Å². The molecule has 0 atom stereocenters. The van der Waals surface area contributed by atoms with E-state index < -0.39 is 15.9 Å². The molecule has 0 heterocycles. The van der Waals surface area contributed by atoms with Crippen molar-refractivity contribution in [3.05, 3.63) is 72.3 Å². The second-order valence-corrected chi connectivity index (χ2v) is 7.52. The molecule has 2 N–H and O–H groups in total. The molecule has 0 spiro atoms. The molecular weight excluding hydrogens is 348 g/mol. The van der Waals surface area contributed by atoms with Gasteiger partial charge in [0.1, 0.15) is 12.4 Å². The predicted molar refractivity (Wildman–Crippen MR) is 92.4 cm³/mol. The summed E-state index contributed by atoms with van der Waals surface area (Å²) in [5.74, 6) is 0.387. The number of ether oxygens (including phenoxy) is 1. The van der Waals surface area contributed by atoms with Crippen LogP contribution < -0.4 is 10.5 Å². The van der Waals surface area contributed by atoms with Gasteiger partial charge in [0.05, 0.1) is 10.6 Å². The van der Waals surface area contributed by atoms with Crippen molar-refractivity contribution in [2.24, 2.45) is 5.73 Å². The van der Waals surface area contributed by atoms with E-state index in [2.05, 4.69) is 5.73 Å². The average Bonchev–Trinajstić information content (AvgIpc) is 2.58. The van der Waals surface area contributed by atoms with Crippen LogP contribution in [-0.2, 0) is 16.3 Å². The summed E-state index contributed by atoms with van der Waals surface area (Å²) in [7, 11) is -3.41. The SMILES string of the molecule is NC(F)(F)C=CCOc1ccc(S(=O)(=O)CCc2ccccc2)cc1. The van der Waals surface area contributed by atoms with Crippen LogP contribution in [0, 0.1) is 0 Å². The third-order valence-corrected chi connectivity index (χ3v) is 5.10. The zero-order chi connectivity index (χ0) is 18.3. The van der Waals surface area contributed by atoms with Gasteiger partial charge in [0.25, 0.3) is 0 Å². The summed E-state index contributed by atoms with van der Waals surface area (Å²) in [4.78, 5) is 0.194. The molecule has 0 aliphatic carbocycles. The third kappa shape index (κ3) is 6.64. The van der Waals surface area contributed by atoms with Crippen molar-refractivity contribution in [3.63, 3.8) is 0 Å². The van der Waals surface area contributed by atoms with E-state index in [1.165, 1.54) is 24.3 Å². The molecule has 134 valence electrons. The molecule has 2 aromatic carbocycles. The summed E-state index contributed by atoms with van der Waals surface area (Å²) < 4.78 is 54.7. The van der Waals surface area contributed by atoms with Gasteiger partial charge in [-0.3, -0.25) is 5.73 Å². The standard InChI is InChI=1S/C18H19F2NO3S/c19-18(20,21)12-4-13-24-16-7-9-17(10-8-16)25(22,23)14-11-15-5-2-1-3-6-15/h1-10,12H,11,13-14,21H2. The van der Waals surface area contributed by atoms with E-state index in [4.69, 9.17) is 4.74 Å². The summed E-state index contributed by atoms with van der Waals surface area (Å²) in [5, 5.41) is 0. The number of hydrogen-bond donors (Lipinski definition) is 1. The van der Waals surface area contributed by atoms with Gasteiger partial charge in [-0.1, -0.05) is 30.3 Å². The van der Waals surface area contributed by atoms with Crippen molar-refractivity contribution in [3.8, 4) is 5.75 Å². The monoisotopic (exact) mass is 367 g/mol. The van der Waals surface area contributed by atoms with E-state index in [9.17, 15) is 17.2 Å². The van der Waals surface area contributed by atoms with Crippen molar-refractivity contribution >= 4 is 9.84 Å². The Hall–Kier alpha value is -2.25. The number of sulfone groups is 1. The van der Waals surface area contributed by atoms with Crippen LogP contribution >= 0.6 is 0 Å². The minimum atomic E-state index is -3.41. The Labute approximate surface area is 145 Å². The molecule has 0 unspecified atom stereocenters. The summed E-state index contributed by atoms with van der Waals surface area (Å²) >= 11 is 0. The summed E-state index contributed by atoms with van der Waals surface area (Å²) in [5.41, 5.74) is 5.46. The fourth-order valence-electron chi connectivity index (χ4n) is 2.11. The van der Waals surface area contributed by atoms with E-state index >= 15 is 0 Å². The molecule has 0 fully saturated rings. The molecule has 2 aromatic rings. The number of halogens is 2. The van der Waals surface area contributed by atoms with Gasteiger partial charge >= 0.3 is 6.05 Å². The molecule has 0 radical (unpaired) electrons. The van der Waals surface area contributed by atoms with E-state index in [0.29, 0.717) is 18.2 Å². The number of hydrogen-bond acceptors (Lipinski definition) is 4. The third-order valence-electron chi connectivity index (χ3n) is 3.37. The van der Waals surface area contributed by atoms with E-state index in [0.717, 1.165) is 11.6 Å². The molecule has 7 heteroatoms. The van der Waals surface area contributed by atoms with Crippen molar-refractivity contribution in [1.29, 1.82) is 0 Å². The van der Waals surface area contributed by atoms with Crippen LogP contribution in [0.25, 0.3) is 0 Å². The first-order chi connectivity index (χ1) is 11.8. The first-order valence-corrected chi connectivity index (χ1v) is 9.25. The Balaban J connectivity index is 1.93. The van der Waals surface area contributed by atoms with Crippen LogP contribution in [0.2, 0.25) is 0 Å². The Morgan fingerprint density at radius 2 is 1.68 bits per heavy atom. The minimum absolute atomic E-state index is 0.00549. The van der Waals surface area contributed by atoms with Crippen LogP contribution in [0.5, 0.6) is 5.75 Å². The van der Waals surface area contributed by atoms with Gasteiger partial charge < -0.3 is 4.74 Å². The Morgan fingerprint density at radius 3 is 2.28 bits per heavy atom. The van der Waals surface area contributed by atoms with Gasteiger partial charge in [0.2, 0.25) is 0 Å². The molecule has 25 heavy (non-hydrogen) atoms. The number of nitrogens with two attached hydrogens (primary N) is 1. The minimum Gasteiger partial charge on any atom is -0.490 e. The lowest BCUT2D eigenvalue weighted by Gasteiger charge is -2.07. The van der Waals surface area contributed by atoms with Crippen LogP contribution in [0.3, 0.4) is 0 Å². The Kier molecular flexibility index (Phi) is 6.27. The number of benzene rings is 2. The maximum Gasteiger partial charge on any atom is 0.320 e. The van der Waals surface area contributed by atoms with E-state index in [1.807, 2.05) is 30.3 Å². The molecule has 0 bridgehead atoms. The molecule has 0 aliphatic heterocycles. The lowest BCUT2D eigenvalue weighted by molar-refractivity contribution is 0.0625. The summed E-state index contributed by atoms with van der Waals surface area (Å²) in [6.45, 7) is -0.0904. The van der Waals surface area contributed by atoms with Crippen LogP contribution in [-0.4, -0.2) is 26.8 Å². The molecule has 0 aliphatic rings. The second kappa shape index (κ2) is 8.22. The fraction of sp³-hybridized carbons (Fsp3) is 0.222. The van der Waals surface area contributed by atoms with E-state index in [1.54, 1.807) is 0 Å². The smallest absolute Gasteiger partial charge is 0.320 e. The first kappa shape index (κ1) is 19.1. The van der Waals surface area contributed by atoms with Crippen LogP contribution in [0.4, 0.5) is 8.78 Å². The normalized spacial score (nSPS) is 12.4. The molecule has 0 amide bonds. The predicted octanol–water partition coefficient (Wildman–Crippen LogP) is 3.19. The zero-order valence-corrected chi connectivity index (χ0v) is 14.3. The number of aryl methyl sites for hydroxylation is 1. The average molecular weight is 367 g/mol. The maximum absolute atomic E-state index is 12.4. The maximum atomic E-state index is 12.4. The Morgan fingerprint density at radius 1 is 1.04 bits per heavy atom. The molecule has 0 saturated carbocycles. The first-order valence-electron chi connectivity index (χ1n) is 7.60. The van der Waals surface area contributed by atoms with Gasteiger partial charge in [-0.2, -0.15) is 8.78 Å². The summed E-state index contributed by atoms with van der Waals surface area (Å²) in [6.07, 6.45) is 2.07. The van der Waals surface area contributed by atoms with Crippen LogP contribution in [0.15, 0.2) is 71.6 Å². The van der Waals surface area contributed by atoms with Crippen molar-refractivity contribution in [1.82, 2.24) is 0 Å². The van der Waals surface area contributed by atoms with Crippen molar-refractivity contribution < 1.29 is 21.9 Å². The molecular formula is C18H19F2NO3S. The highest BCUT2D eigenvalue weighted by Crippen LogP contribution is 2.18. The molecule has 4 nitrogen and oxygen atoms in total. The van der Waals surface area contributed by atoms with Crippen molar-refractivity contribution in [2.75, 3.05) is 12.4 Å². The summed E-state index contributed by atoms with van der Waals surface area (Å²) in [6, 6.07) is 11.9. The highest BCUT2D eigenvalue weighted by atomic mass is 32.2. The largest absolute Gasteiger partial charge is 0.490 e. The quantitative estimate of drug-likeness (QED) is 0.575. The topological polar surface area (TPSA) is 69.4 Å². The van der Waals surface area contributed by atoms with E-state index in [-0.39, 0.29) is 17.3 Å². The highest BCUT2D eigenvalue weighted by molar-refractivity contribution is 7.91. The van der Waals surface area contributed by atoms with Gasteiger partial charge in [-0.15, -0.1) is 0 Å². The Bertz CT molecular complexity index is 798. The van der Waals surface area contributed by atoms with Gasteiger partial charge in [0.15, 0.2) is 9.84 Å². The lowest BCUT2D eigenvalue weighted by atomic mass is 10.2. The zero-order valence-electron chi connectivity index (χ0n) is 13.4.